The molecule has 1 rings (SSSR count). The van der Waals surface area contributed by atoms with Gasteiger partial charge < -0.3 is 5.73 Å². The molecule has 0 amide bonds. The molecule has 18 heavy (non-hydrogen) atoms. The first-order valence-corrected chi connectivity index (χ1v) is 6.95. The van der Waals surface area contributed by atoms with Crippen LogP contribution in [0.15, 0.2) is 23.1 Å². The number of nitrogens with two attached hydrogens (primary N) is 1. The maximum atomic E-state index is 12.1. The van der Waals surface area contributed by atoms with Crippen molar-refractivity contribution < 1.29 is 8.42 Å². The molecule has 0 saturated carbocycles. The molecule has 3 N–H and O–H groups in total. The van der Waals surface area contributed by atoms with E-state index in [4.69, 9.17) is 11.0 Å². The zero-order valence-electron chi connectivity index (χ0n) is 10.7. The van der Waals surface area contributed by atoms with Crippen molar-refractivity contribution in [2.24, 2.45) is 5.73 Å². The monoisotopic (exact) mass is 267 g/mol. The molecule has 0 radical (unpaired) electrons. The number of rotatable bonds is 4. The number of benzene rings is 1. The van der Waals surface area contributed by atoms with Crippen LogP contribution in [0.5, 0.6) is 0 Å². The van der Waals surface area contributed by atoms with Gasteiger partial charge in [-0.15, -0.1) is 0 Å². The highest BCUT2D eigenvalue weighted by atomic mass is 32.2. The predicted octanol–water partition coefficient (Wildman–Crippen LogP) is 0.882. The predicted molar refractivity (Wildman–Crippen MR) is 69.3 cm³/mol. The van der Waals surface area contributed by atoms with E-state index in [-0.39, 0.29) is 11.4 Å². The van der Waals surface area contributed by atoms with Gasteiger partial charge in [0.15, 0.2) is 0 Å². The number of nitrogens with one attached hydrogen (secondary N) is 1. The van der Waals surface area contributed by atoms with Crippen molar-refractivity contribution in [3.05, 3.63) is 29.3 Å². The maximum Gasteiger partial charge on any atom is 0.241 e. The molecule has 0 aromatic heterocycles. The lowest BCUT2D eigenvalue weighted by atomic mass is 10.1. The smallest absolute Gasteiger partial charge is 0.241 e. The van der Waals surface area contributed by atoms with Gasteiger partial charge in [0.2, 0.25) is 10.0 Å². The Balaban J connectivity index is 3.15. The van der Waals surface area contributed by atoms with Crippen LogP contribution in [0.1, 0.15) is 25.0 Å². The topological polar surface area (TPSA) is 96.0 Å². The van der Waals surface area contributed by atoms with E-state index in [2.05, 4.69) is 4.72 Å². The molecule has 1 aromatic rings. The summed E-state index contributed by atoms with van der Waals surface area (Å²) >= 11 is 0. The van der Waals surface area contributed by atoms with Crippen LogP contribution in [0.25, 0.3) is 0 Å². The standard InChI is InChI=1S/C12H17N3O2S/c1-9-6-11(5-4-10(9)7-13)18(16,17)15-12(2,3)8-14/h4-6,15H,8,14H2,1-3H3. The summed E-state index contributed by atoms with van der Waals surface area (Å²) in [6.07, 6.45) is 0. The normalized spacial score (nSPS) is 12.2. The molecule has 0 aliphatic heterocycles. The summed E-state index contributed by atoms with van der Waals surface area (Å²) in [5.41, 5.74) is 5.88. The average molecular weight is 267 g/mol. The van der Waals surface area contributed by atoms with Gasteiger partial charge in [-0.3, -0.25) is 0 Å². The molecule has 0 unspecified atom stereocenters. The number of hydrogen-bond donors (Lipinski definition) is 2. The Hall–Kier alpha value is -1.42. The zero-order valence-corrected chi connectivity index (χ0v) is 11.5. The minimum Gasteiger partial charge on any atom is -0.329 e. The summed E-state index contributed by atoms with van der Waals surface area (Å²) in [4.78, 5) is 0.139. The quantitative estimate of drug-likeness (QED) is 0.846. The summed E-state index contributed by atoms with van der Waals surface area (Å²) in [6, 6.07) is 6.39. The third kappa shape index (κ3) is 3.29. The molecule has 0 heterocycles. The van der Waals surface area contributed by atoms with Gasteiger partial charge >= 0.3 is 0 Å². The number of sulfonamides is 1. The minimum absolute atomic E-state index is 0.139. The first-order chi connectivity index (χ1) is 8.22. The van der Waals surface area contributed by atoms with Gasteiger partial charge in [0.05, 0.1) is 16.5 Å². The zero-order chi connectivity index (χ0) is 14.0. The van der Waals surface area contributed by atoms with Crippen molar-refractivity contribution in [3.63, 3.8) is 0 Å². The first kappa shape index (κ1) is 14.6. The van der Waals surface area contributed by atoms with Crippen LogP contribution in [0.4, 0.5) is 0 Å². The summed E-state index contributed by atoms with van der Waals surface area (Å²) < 4.78 is 26.7. The van der Waals surface area contributed by atoms with E-state index in [0.717, 1.165) is 0 Å². The molecule has 1 aromatic carbocycles. The van der Waals surface area contributed by atoms with Gasteiger partial charge in [-0.25, -0.2) is 13.1 Å². The molecule has 0 atom stereocenters. The van der Waals surface area contributed by atoms with Crippen LogP contribution in [0, 0.1) is 18.3 Å². The molecule has 6 heteroatoms. The van der Waals surface area contributed by atoms with Crippen molar-refractivity contribution in [2.75, 3.05) is 6.54 Å². The molecule has 0 saturated heterocycles. The Kier molecular flexibility index (Phi) is 4.12. The summed E-state index contributed by atoms with van der Waals surface area (Å²) in [5.74, 6) is 0. The van der Waals surface area contributed by atoms with Crippen LogP contribution < -0.4 is 10.5 Å². The SMILES string of the molecule is Cc1cc(S(=O)(=O)NC(C)(C)CN)ccc1C#N. The summed E-state index contributed by atoms with van der Waals surface area (Å²) in [7, 11) is -3.62. The average Bonchev–Trinajstić information content (AvgIpc) is 2.27. The second kappa shape index (κ2) is 5.06. The summed E-state index contributed by atoms with van der Waals surface area (Å²) in [5, 5.41) is 8.81. The molecule has 0 bridgehead atoms. The van der Waals surface area contributed by atoms with E-state index < -0.39 is 15.6 Å². The van der Waals surface area contributed by atoms with Crippen LogP contribution in [-0.2, 0) is 10.0 Å². The highest BCUT2D eigenvalue weighted by molar-refractivity contribution is 7.89. The Morgan fingerprint density at radius 1 is 1.44 bits per heavy atom. The van der Waals surface area contributed by atoms with Gasteiger partial charge in [0.1, 0.15) is 0 Å². The second-order valence-electron chi connectivity index (χ2n) is 4.78. The van der Waals surface area contributed by atoms with E-state index in [1.807, 2.05) is 6.07 Å². The van der Waals surface area contributed by atoms with Crippen LogP contribution in [-0.4, -0.2) is 20.5 Å². The Morgan fingerprint density at radius 3 is 2.50 bits per heavy atom. The van der Waals surface area contributed by atoms with E-state index in [0.29, 0.717) is 11.1 Å². The van der Waals surface area contributed by atoms with Crippen molar-refractivity contribution in [2.45, 2.75) is 31.2 Å². The van der Waals surface area contributed by atoms with Crippen molar-refractivity contribution in [1.29, 1.82) is 5.26 Å². The number of hydrogen-bond acceptors (Lipinski definition) is 4. The molecule has 0 fully saturated rings. The molecular weight excluding hydrogens is 250 g/mol. The first-order valence-electron chi connectivity index (χ1n) is 5.47. The Bertz CT molecular complexity index is 586. The lowest BCUT2D eigenvalue weighted by Crippen LogP contribution is -2.48. The van der Waals surface area contributed by atoms with Crippen molar-refractivity contribution in [1.82, 2.24) is 4.72 Å². The van der Waals surface area contributed by atoms with Gasteiger partial charge in [-0.1, -0.05) is 0 Å². The van der Waals surface area contributed by atoms with Gasteiger partial charge in [-0.2, -0.15) is 5.26 Å². The summed E-state index contributed by atoms with van der Waals surface area (Å²) in [6.45, 7) is 5.31. The van der Waals surface area contributed by atoms with Gasteiger partial charge in [0.25, 0.3) is 0 Å². The van der Waals surface area contributed by atoms with Crippen molar-refractivity contribution in [3.8, 4) is 6.07 Å². The van der Waals surface area contributed by atoms with Gasteiger partial charge in [0, 0.05) is 12.1 Å². The number of nitriles is 1. The largest absolute Gasteiger partial charge is 0.329 e. The number of nitrogens with zero attached hydrogens (tertiary/aromatic N) is 1. The maximum absolute atomic E-state index is 12.1. The van der Waals surface area contributed by atoms with Crippen LogP contribution in [0.3, 0.4) is 0 Å². The number of aryl methyl sites for hydroxylation is 1. The molecular formula is C12H17N3O2S. The Labute approximate surface area is 108 Å². The van der Waals surface area contributed by atoms with Gasteiger partial charge in [-0.05, 0) is 44.5 Å². The third-order valence-electron chi connectivity index (χ3n) is 2.55. The Morgan fingerprint density at radius 2 is 2.06 bits per heavy atom. The van der Waals surface area contributed by atoms with Crippen LogP contribution in [0.2, 0.25) is 0 Å². The van der Waals surface area contributed by atoms with E-state index >= 15 is 0 Å². The second-order valence-corrected chi connectivity index (χ2v) is 6.46. The fourth-order valence-corrected chi connectivity index (χ4v) is 2.90. The lowest BCUT2D eigenvalue weighted by Gasteiger charge is -2.24. The minimum atomic E-state index is -3.62. The lowest BCUT2D eigenvalue weighted by molar-refractivity contribution is 0.462. The fraction of sp³-hybridized carbons (Fsp3) is 0.417. The van der Waals surface area contributed by atoms with Crippen molar-refractivity contribution >= 4 is 10.0 Å². The van der Waals surface area contributed by atoms with E-state index in [1.165, 1.54) is 18.2 Å². The highest BCUT2D eigenvalue weighted by Crippen LogP contribution is 2.16. The fourth-order valence-electron chi connectivity index (χ4n) is 1.39. The van der Waals surface area contributed by atoms with Crippen LogP contribution >= 0.6 is 0 Å². The van der Waals surface area contributed by atoms with E-state index in [9.17, 15) is 8.42 Å². The molecule has 0 aliphatic rings. The molecule has 5 nitrogen and oxygen atoms in total. The van der Waals surface area contributed by atoms with E-state index in [1.54, 1.807) is 20.8 Å². The molecule has 0 aliphatic carbocycles. The molecule has 98 valence electrons. The highest BCUT2D eigenvalue weighted by Gasteiger charge is 2.25. The molecule has 0 spiro atoms. The third-order valence-corrected chi connectivity index (χ3v) is 4.25.